The van der Waals surface area contributed by atoms with Crippen LogP contribution in [0.4, 0.5) is 0 Å². The third-order valence-electron chi connectivity index (χ3n) is 10.8. The molecule has 2 aromatic heterocycles. The molecule has 38 heavy (non-hydrogen) atoms. The number of hydrogen-bond acceptors (Lipinski definition) is 4. The number of fused-ring (bicyclic) bond motifs is 1. The van der Waals surface area contributed by atoms with Crippen molar-refractivity contribution < 1.29 is 9.59 Å². The summed E-state index contributed by atoms with van der Waals surface area (Å²) in [6.07, 6.45) is 15.8. The van der Waals surface area contributed by atoms with Crippen LogP contribution in [0, 0.1) is 23.2 Å². The minimum atomic E-state index is -0.0563. The lowest BCUT2D eigenvalue weighted by molar-refractivity contribution is -0.0503. The van der Waals surface area contributed by atoms with Gasteiger partial charge in [-0.25, -0.2) is 4.98 Å². The van der Waals surface area contributed by atoms with Crippen molar-refractivity contribution in [3.63, 3.8) is 0 Å². The molecule has 2 amide bonds. The monoisotopic (exact) mass is 517 g/mol. The summed E-state index contributed by atoms with van der Waals surface area (Å²) in [5.41, 5.74) is 1.97. The van der Waals surface area contributed by atoms with Gasteiger partial charge in [-0.15, -0.1) is 0 Å². The normalized spacial score (nSPS) is 33.7. The fraction of sp³-hybridized carbons (Fsp3) is 0.710. The number of amides is 2. The minimum Gasteiger partial charge on any atom is -0.350 e. The standard InChI is InChI=1S/C31H43N5O2/c1-21-5-2-3-10-35(21)25-8-11-34(12-9-25)30(38)26-19-36-27(6-4-7-28(36)33-26)29(37)32-20-31-16-22-13-23(17-31)15-24(14-22)18-31/h4,6-7,19,21-25H,2-3,5,8-18,20H2,1H3,(H,32,37). The van der Waals surface area contributed by atoms with E-state index in [-0.39, 0.29) is 11.8 Å². The molecule has 1 atom stereocenters. The van der Waals surface area contributed by atoms with E-state index in [1.807, 2.05) is 27.5 Å². The van der Waals surface area contributed by atoms with Gasteiger partial charge in [0.25, 0.3) is 11.8 Å². The topological polar surface area (TPSA) is 70.0 Å². The number of rotatable bonds is 5. The number of aromatic nitrogens is 2. The van der Waals surface area contributed by atoms with Crippen molar-refractivity contribution in [3.05, 3.63) is 35.8 Å². The molecule has 2 aliphatic heterocycles. The summed E-state index contributed by atoms with van der Waals surface area (Å²) in [4.78, 5) is 36.1. The second-order valence-corrected chi connectivity index (χ2v) is 13.5. The number of carbonyl (C=O) groups is 2. The van der Waals surface area contributed by atoms with Gasteiger partial charge in [-0.05, 0) is 113 Å². The van der Waals surface area contributed by atoms with Crippen LogP contribution in [0.1, 0.15) is 98.5 Å². The van der Waals surface area contributed by atoms with E-state index < -0.39 is 0 Å². The fourth-order valence-electron chi connectivity index (χ4n) is 9.39. The summed E-state index contributed by atoms with van der Waals surface area (Å²) in [6.45, 7) is 5.87. The molecule has 2 saturated heterocycles. The Bertz CT molecular complexity index is 1180. The predicted octanol–water partition coefficient (Wildman–Crippen LogP) is 4.76. The number of nitrogens with one attached hydrogen (secondary N) is 1. The molecule has 4 aliphatic carbocycles. The molecule has 4 heterocycles. The first-order valence-corrected chi connectivity index (χ1v) is 15.3. The van der Waals surface area contributed by atoms with E-state index in [1.54, 1.807) is 6.20 Å². The van der Waals surface area contributed by atoms with Crippen LogP contribution in [0.5, 0.6) is 0 Å². The van der Waals surface area contributed by atoms with Crippen LogP contribution in [0.2, 0.25) is 0 Å². The average Bonchev–Trinajstić information content (AvgIpc) is 3.36. The summed E-state index contributed by atoms with van der Waals surface area (Å²) >= 11 is 0. The zero-order valence-electron chi connectivity index (χ0n) is 22.9. The molecule has 1 N–H and O–H groups in total. The lowest BCUT2D eigenvalue weighted by atomic mass is 9.49. The first-order chi connectivity index (χ1) is 18.5. The number of pyridine rings is 1. The third-order valence-corrected chi connectivity index (χ3v) is 10.8. The van der Waals surface area contributed by atoms with Crippen molar-refractivity contribution in [3.8, 4) is 0 Å². The maximum atomic E-state index is 13.4. The first kappa shape index (κ1) is 24.6. The molecule has 204 valence electrons. The van der Waals surface area contributed by atoms with E-state index in [1.165, 1.54) is 64.3 Å². The molecule has 0 aromatic carbocycles. The van der Waals surface area contributed by atoms with Gasteiger partial charge >= 0.3 is 0 Å². The van der Waals surface area contributed by atoms with Gasteiger partial charge < -0.3 is 10.2 Å². The fourth-order valence-corrected chi connectivity index (χ4v) is 9.39. The van der Waals surface area contributed by atoms with E-state index in [2.05, 4.69) is 22.1 Å². The number of nitrogens with zero attached hydrogens (tertiary/aromatic N) is 4. The Kier molecular flexibility index (Phi) is 6.25. The van der Waals surface area contributed by atoms with Crippen LogP contribution >= 0.6 is 0 Å². The third kappa shape index (κ3) is 4.44. The Morgan fingerprint density at radius 2 is 1.68 bits per heavy atom. The SMILES string of the molecule is CC1CCCCN1C1CCN(C(=O)c2cn3c(C(=O)NCC45CC6CC(CC(C6)C4)C5)cccc3n2)CC1. The molecule has 1 unspecified atom stereocenters. The number of likely N-dealkylation sites (tertiary alicyclic amines) is 2. The molecule has 2 aromatic rings. The Labute approximate surface area is 226 Å². The molecule has 6 aliphatic rings. The number of carbonyl (C=O) groups excluding carboxylic acids is 2. The molecule has 8 rings (SSSR count). The van der Waals surface area contributed by atoms with Gasteiger partial charge in [0.1, 0.15) is 17.0 Å². The second-order valence-electron chi connectivity index (χ2n) is 13.5. The molecule has 7 nitrogen and oxygen atoms in total. The van der Waals surface area contributed by atoms with Gasteiger partial charge in [-0.3, -0.25) is 18.9 Å². The van der Waals surface area contributed by atoms with E-state index in [0.717, 1.165) is 50.2 Å². The molecule has 0 radical (unpaired) electrons. The van der Waals surface area contributed by atoms with Gasteiger partial charge in [0.15, 0.2) is 0 Å². The van der Waals surface area contributed by atoms with Crippen molar-refractivity contribution in [2.45, 2.75) is 89.6 Å². The summed E-state index contributed by atoms with van der Waals surface area (Å²) in [5.74, 6) is 2.55. The van der Waals surface area contributed by atoms with Crippen molar-refractivity contribution in [1.29, 1.82) is 0 Å². The van der Waals surface area contributed by atoms with Crippen LogP contribution < -0.4 is 5.32 Å². The highest BCUT2D eigenvalue weighted by molar-refractivity contribution is 5.95. The lowest BCUT2D eigenvalue weighted by Gasteiger charge is -2.56. The quantitative estimate of drug-likeness (QED) is 0.621. The predicted molar refractivity (Wildman–Crippen MR) is 147 cm³/mol. The van der Waals surface area contributed by atoms with E-state index in [0.29, 0.717) is 34.5 Å². The van der Waals surface area contributed by atoms with Gasteiger partial charge in [-0.1, -0.05) is 12.5 Å². The summed E-state index contributed by atoms with van der Waals surface area (Å²) < 4.78 is 1.81. The van der Waals surface area contributed by atoms with Crippen molar-refractivity contribution in [2.24, 2.45) is 23.2 Å². The number of piperidine rings is 2. The molecule has 4 bridgehead atoms. The minimum absolute atomic E-state index is 0.0150. The van der Waals surface area contributed by atoms with Crippen molar-refractivity contribution in [2.75, 3.05) is 26.2 Å². The molecule has 6 fully saturated rings. The Morgan fingerprint density at radius 1 is 0.974 bits per heavy atom. The summed E-state index contributed by atoms with van der Waals surface area (Å²) in [6, 6.07) is 6.85. The van der Waals surface area contributed by atoms with E-state index in [4.69, 9.17) is 0 Å². The zero-order valence-corrected chi connectivity index (χ0v) is 22.9. The summed E-state index contributed by atoms with van der Waals surface area (Å²) in [7, 11) is 0. The molecular formula is C31H43N5O2. The largest absolute Gasteiger partial charge is 0.350 e. The molecule has 0 spiro atoms. The molecular weight excluding hydrogens is 474 g/mol. The highest BCUT2D eigenvalue weighted by Gasteiger charge is 2.50. The van der Waals surface area contributed by atoms with Crippen LogP contribution in [0.15, 0.2) is 24.4 Å². The van der Waals surface area contributed by atoms with E-state index in [9.17, 15) is 9.59 Å². The van der Waals surface area contributed by atoms with Crippen LogP contribution in [0.3, 0.4) is 0 Å². The van der Waals surface area contributed by atoms with Gasteiger partial charge in [-0.2, -0.15) is 0 Å². The number of imidazole rings is 1. The zero-order chi connectivity index (χ0) is 25.9. The highest BCUT2D eigenvalue weighted by Crippen LogP contribution is 2.59. The Morgan fingerprint density at radius 3 is 2.37 bits per heavy atom. The highest BCUT2D eigenvalue weighted by atomic mass is 16.2. The number of hydrogen-bond donors (Lipinski definition) is 1. The van der Waals surface area contributed by atoms with Crippen molar-refractivity contribution in [1.82, 2.24) is 24.5 Å². The van der Waals surface area contributed by atoms with Crippen LogP contribution in [-0.4, -0.2) is 69.3 Å². The van der Waals surface area contributed by atoms with Gasteiger partial charge in [0.05, 0.1) is 0 Å². The lowest BCUT2D eigenvalue weighted by Crippen LogP contribution is -2.51. The van der Waals surface area contributed by atoms with E-state index >= 15 is 0 Å². The molecule has 7 heteroatoms. The first-order valence-electron chi connectivity index (χ1n) is 15.3. The molecule has 4 saturated carbocycles. The maximum absolute atomic E-state index is 13.4. The van der Waals surface area contributed by atoms with Crippen LogP contribution in [-0.2, 0) is 0 Å². The smallest absolute Gasteiger partial charge is 0.274 e. The van der Waals surface area contributed by atoms with Gasteiger partial charge in [0, 0.05) is 37.9 Å². The second kappa shape index (κ2) is 9.65. The Balaban J connectivity index is 1.01. The Hall–Kier alpha value is -2.41. The average molecular weight is 518 g/mol. The van der Waals surface area contributed by atoms with Crippen LogP contribution in [0.25, 0.3) is 5.65 Å². The van der Waals surface area contributed by atoms with Crippen molar-refractivity contribution >= 4 is 17.5 Å². The summed E-state index contributed by atoms with van der Waals surface area (Å²) in [5, 5.41) is 3.30. The van der Waals surface area contributed by atoms with Gasteiger partial charge in [0.2, 0.25) is 0 Å². The maximum Gasteiger partial charge on any atom is 0.274 e.